The predicted octanol–water partition coefficient (Wildman–Crippen LogP) is 2.38. The second-order valence-electron chi connectivity index (χ2n) is 5.86. The van der Waals surface area contributed by atoms with Crippen molar-refractivity contribution in [1.82, 2.24) is 5.32 Å². The van der Waals surface area contributed by atoms with Crippen molar-refractivity contribution in [2.24, 2.45) is 5.41 Å². The summed E-state index contributed by atoms with van der Waals surface area (Å²) >= 11 is 0. The van der Waals surface area contributed by atoms with Crippen LogP contribution >= 0.6 is 0 Å². The van der Waals surface area contributed by atoms with Crippen LogP contribution in [0.5, 0.6) is 0 Å². The number of esters is 1. The average Bonchev–Trinajstić information content (AvgIpc) is 2.46. The summed E-state index contributed by atoms with van der Waals surface area (Å²) in [5.74, 6) is -0.287. The molecule has 0 radical (unpaired) electrons. The SMILES string of the molecule is COC(=O)c1ccccc1CNC1CC(OC)C1(C)C. The van der Waals surface area contributed by atoms with Gasteiger partial charge < -0.3 is 14.8 Å². The molecule has 0 aliphatic heterocycles. The zero-order valence-electron chi connectivity index (χ0n) is 12.6. The number of nitrogens with one attached hydrogen (secondary N) is 1. The molecular weight excluding hydrogens is 254 g/mol. The molecule has 0 spiro atoms. The van der Waals surface area contributed by atoms with Crippen LogP contribution in [-0.2, 0) is 16.0 Å². The molecule has 2 unspecified atom stereocenters. The molecule has 110 valence electrons. The summed E-state index contributed by atoms with van der Waals surface area (Å²) in [7, 11) is 3.17. The molecule has 0 bridgehead atoms. The van der Waals surface area contributed by atoms with E-state index in [0.29, 0.717) is 24.3 Å². The van der Waals surface area contributed by atoms with E-state index in [4.69, 9.17) is 9.47 Å². The lowest BCUT2D eigenvalue weighted by molar-refractivity contribution is -0.0979. The molecule has 1 aromatic rings. The van der Waals surface area contributed by atoms with E-state index in [-0.39, 0.29) is 11.4 Å². The van der Waals surface area contributed by atoms with Crippen LogP contribution < -0.4 is 5.32 Å². The zero-order chi connectivity index (χ0) is 14.8. The maximum Gasteiger partial charge on any atom is 0.338 e. The topological polar surface area (TPSA) is 47.6 Å². The average molecular weight is 277 g/mol. The van der Waals surface area contributed by atoms with E-state index in [1.54, 1.807) is 13.2 Å². The molecule has 0 saturated heterocycles. The van der Waals surface area contributed by atoms with E-state index in [0.717, 1.165) is 12.0 Å². The van der Waals surface area contributed by atoms with Crippen LogP contribution in [0.15, 0.2) is 24.3 Å². The van der Waals surface area contributed by atoms with E-state index in [1.165, 1.54) is 7.11 Å². The lowest BCUT2D eigenvalue weighted by atomic mass is 9.64. The summed E-state index contributed by atoms with van der Waals surface area (Å²) in [5.41, 5.74) is 1.72. The maximum atomic E-state index is 11.7. The number of rotatable bonds is 5. The van der Waals surface area contributed by atoms with Crippen molar-refractivity contribution in [1.29, 1.82) is 0 Å². The Labute approximate surface area is 120 Å². The molecule has 4 heteroatoms. The van der Waals surface area contributed by atoms with Gasteiger partial charge in [-0.15, -0.1) is 0 Å². The molecular formula is C16H23NO3. The van der Waals surface area contributed by atoms with E-state index in [1.807, 2.05) is 18.2 Å². The smallest absolute Gasteiger partial charge is 0.338 e. The van der Waals surface area contributed by atoms with E-state index >= 15 is 0 Å². The Hall–Kier alpha value is -1.39. The van der Waals surface area contributed by atoms with Crippen LogP contribution in [0.2, 0.25) is 0 Å². The molecule has 0 aromatic heterocycles. The Morgan fingerprint density at radius 1 is 1.35 bits per heavy atom. The molecule has 1 saturated carbocycles. The Morgan fingerprint density at radius 3 is 2.65 bits per heavy atom. The largest absolute Gasteiger partial charge is 0.465 e. The van der Waals surface area contributed by atoms with E-state index < -0.39 is 0 Å². The van der Waals surface area contributed by atoms with Crippen molar-refractivity contribution >= 4 is 5.97 Å². The summed E-state index contributed by atoms with van der Waals surface area (Å²) in [6.45, 7) is 5.07. The second-order valence-corrected chi connectivity index (χ2v) is 5.86. The van der Waals surface area contributed by atoms with Gasteiger partial charge in [0.2, 0.25) is 0 Å². The third-order valence-electron chi connectivity index (χ3n) is 4.42. The maximum absolute atomic E-state index is 11.7. The third-order valence-corrected chi connectivity index (χ3v) is 4.42. The van der Waals surface area contributed by atoms with Gasteiger partial charge in [-0.3, -0.25) is 0 Å². The Bertz CT molecular complexity index is 484. The molecule has 1 aliphatic carbocycles. The Balaban J connectivity index is 2.01. The van der Waals surface area contributed by atoms with Crippen molar-refractivity contribution in [3.63, 3.8) is 0 Å². The summed E-state index contributed by atoms with van der Waals surface area (Å²) in [4.78, 5) is 11.7. The van der Waals surface area contributed by atoms with Gasteiger partial charge in [0.25, 0.3) is 0 Å². The van der Waals surface area contributed by atoms with Gasteiger partial charge in [-0.05, 0) is 18.1 Å². The van der Waals surface area contributed by atoms with Crippen LogP contribution in [0.3, 0.4) is 0 Å². The number of benzene rings is 1. The van der Waals surface area contributed by atoms with E-state index in [2.05, 4.69) is 19.2 Å². The van der Waals surface area contributed by atoms with E-state index in [9.17, 15) is 4.79 Å². The van der Waals surface area contributed by atoms with Crippen LogP contribution in [0.1, 0.15) is 36.2 Å². The fourth-order valence-corrected chi connectivity index (χ4v) is 2.85. The molecule has 2 rings (SSSR count). The fraction of sp³-hybridized carbons (Fsp3) is 0.562. The highest BCUT2D eigenvalue weighted by Crippen LogP contribution is 2.42. The lowest BCUT2D eigenvalue weighted by Crippen LogP contribution is -2.60. The summed E-state index contributed by atoms with van der Waals surface area (Å²) < 4.78 is 10.3. The van der Waals surface area contributed by atoms with Crippen molar-refractivity contribution in [2.75, 3.05) is 14.2 Å². The number of hydrogen-bond donors (Lipinski definition) is 1. The molecule has 1 aromatic carbocycles. The highest BCUT2D eigenvalue weighted by atomic mass is 16.5. The van der Waals surface area contributed by atoms with Crippen molar-refractivity contribution in [2.45, 2.75) is 39.0 Å². The molecule has 1 N–H and O–H groups in total. The first-order valence-electron chi connectivity index (χ1n) is 6.93. The molecule has 1 aliphatic rings. The van der Waals surface area contributed by atoms with Gasteiger partial charge in [0, 0.05) is 25.1 Å². The minimum Gasteiger partial charge on any atom is -0.465 e. The minimum atomic E-state index is -0.287. The van der Waals surface area contributed by atoms with Crippen molar-refractivity contribution < 1.29 is 14.3 Å². The van der Waals surface area contributed by atoms with Crippen molar-refractivity contribution in [3.8, 4) is 0 Å². The first kappa shape index (κ1) is 15.0. The zero-order valence-corrected chi connectivity index (χ0v) is 12.6. The third kappa shape index (κ3) is 2.72. The molecule has 20 heavy (non-hydrogen) atoms. The number of carbonyl (C=O) groups excluding carboxylic acids is 1. The molecule has 0 heterocycles. The first-order chi connectivity index (χ1) is 9.50. The standard InChI is InChI=1S/C16H23NO3/c1-16(2)13(9-14(16)19-3)17-10-11-7-5-6-8-12(11)15(18)20-4/h5-8,13-14,17H,9-10H2,1-4H3. The van der Waals surface area contributed by atoms with Gasteiger partial charge in [-0.1, -0.05) is 32.0 Å². The highest BCUT2D eigenvalue weighted by Gasteiger charge is 2.48. The van der Waals surface area contributed by atoms with Gasteiger partial charge in [-0.25, -0.2) is 4.79 Å². The van der Waals surface area contributed by atoms with Gasteiger partial charge in [0.1, 0.15) is 0 Å². The van der Waals surface area contributed by atoms with Crippen LogP contribution in [0, 0.1) is 5.41 Å². The number of hydrogen-bond acceptors (Lipinski definition) is 4. The van der Waals surface area contributed by atoms with Gasteiger partial charge in [-0.2, -0.15) is 0 Å². The minimum absolute atomic E-state index is 0.120. The van der Waals surface area contributed by atoms with Crippen molar-refractivity contribution in [3.05, 3.63) is 35.4 Å². The second kappa shape index (κ2) is 5.94. The quantitative estimate of drug-likeness (QED) is 0.839. The predicted molar refractivity (Wildman–Crippen MR) is 77.6 cm³/mol. The monoisotopic (exact) mass is 277 g/mol. The molecule has 1 fully saturated rings. The summed E-state index contributed by atoms with van der Waals surface area (Å²) in [5, 5.41) is 3.52. The highest BCUT2D eigenvalue weighted by molar-refractivity contribution is 5.90. The normalized spacial score (nSPS) is 24.0. The van der Waals surface area contributed by atoms with Crippen LogP contribution in [-0.4, -0.2) is 32.3 Å². The lowest BCUT2D eigenvalue weighted by Gasteiger charge is -2.51. The summed E-state index contributed by atoms with van der Waals surface area (Å²) in [6, 6.07) is 7.95. The fourth-order valence-electron chi connectivity index (χ4n) is 2.85. The summed E-state index contributed by atoms with van der Waals surface area (Å²) in [6.07, 6.45) is 1.31. The number of ether oxygens (including phenoxy) is 2. The van der Waals surface area contributed by atoms with Gasteiger partial charge >= 0.3 is 5.97 Å². The molecule has 4 nitrogen and oxygen atoms in total. The number of methoxy groups -OCH3 is 2. The molecule has 0 amide bonds. The Kier molecular flexibility index (Phi) is 4.45. The van der Waals surface area contributed by atoms with Gasteiger partial charge in [0.05, 0.1) is 18.8 Å². The Morgan fingerprint density at radius 2 is 2.05 bits per heavy atom. The van der Waals surface area contributed by atoms with Crippen LogP contribution in [0.25, 0.3) is 0 Å². The molecule has 2 atom stereocenters. The van der Waals surface area contributed by atoms with Crippen LogP contribution in [0.4, 0.5) is 0 Å². The number of carbonyl (C=O) groups is 1. The van der Waals surface area contributed by atoms with Gasteiger partial charge in [0.15, 0.2) is 0 Å². The first-order valence-corrected chi connectivity index (χ1v) is 6.93.